The summed E-state index contributed by atoms with van der Waals surface area (Å²) in [5.74, 6) is 0. The molecule has 1 aliphatic heterocycles. The van der Waals surface area contributed by atoms with Gasteiger partial charge in [-0.2, -0.15) is 13.2 Å². The lowest BCUT2D eigenvalue weighted by Gasteiger charge is -2.22. The fourth-order valence-electron chi connectivity index (χ4n) is 1.83. The van der Waals surface area contributed by atoms with Crippen molar-refractivity contribution in [1.82, 2.24) is 5.32 Å². The quantitative estimate of drug-likeness (QED) is 0.886. The summed E-state index contributed by atoms with van der Waals surface area (Å²) in [5, 5.41) is 3.79. The maximum Gasteiger partial charge on any atom is 0.416 e. The average molecular weight is 298 g/mol. The molecule has 0 aromatic heterocycles. The Labute approximate surface area is 115 Å². The molecule has 0 aliphatic carbocycles. The lowest BCUT2D eigenvalue weighted by molar-refractivity contribution is -0.137. The van der Waals surface area contributed by atoms with Gasteiger partial charge in [0.25, 0.3) is 0 Å². The van der Waals surface area contributed by atoms with Gasteiger partial charge in [-0.1, -0.05) is 0 Å². The zero-order valence-corrected chi connectivity index (χ0v) is 11.3. The monoisotopic (exact) mass is 297 g/mol. The van der Waals surface area contributed by atoms with E-state index in [2.05, 4.69) is 5.32 Å². The number of hydrogen-bond acceptors (Lipinski definition) is 2. The zero-order chi connectivity index (χ0) is 12.3. The van der Waals surface area contributed by atoms with Gasteiger partial charge in [0, 0.05) is 10.1 Å². The summed E-state index contributed by atoms with van der Waals surface area (Å²) in [6.45, 7) is 2.00. The molecule has 6 heteroatoms. The molecule has 0 bridgehead atoms. The Balaban J connectivity index is 0.00000162. The predicted molar refractivity (Wildman–Crippen MR) is 70.4 cm³/mol. The van der Waals surface area contributed by atoms with Gasteiger partial charge in [-0.25, -0.2) is 0 Å². The second kappa shape index (κ2) is 6.68. The van der Waals surface area contributed by atoms with Crippen molar-refractivity contribution in [2.45, 2.75) is 29.2 Å². The molecule has 102 valence electrons. The van der Waals surface area contributed by atoms with Gasteiger partial charge in [-0.05, 0) is 50.2 Å². The van der Waals surface area contributed by atoms with Gasteiger partial charge in [0.05, 0.1) is 5.56 Å². The number of nitrogens with one attached hydrogen (secondary N) is 1. The molecule has 18 heavy (non-hydrogen) atoms. The van der Waals surface area contributed by atoms with Gasteiger partial charge in [0.15, 0.2) is 0 Å². The highest BCUT2D eigenvalue weighted by atomic mass is 35.5. The molecule has 1 N–H and O–H groups in total. The number of halogens is 4. The van der Waals surface area contributed by atoms with E-state index < -0.39 is 11.7 Å². The first-order valence-electron chi connectivity index (χ1n) is 5.60. The first-order valence-corrected chi connectivity index (χ1v) is 6.48. The van der Waals surface area contributed by atoms with Crippen LogP contribution in [0.5, 0.6) is 0 Å². The van der Waals surface area contributed by atoms with Crippen molar-refractivity contribution in [3.05, 3.63) is 29.8 Å². The minimum absolute atomic E-state index is 0. The summed E-state index contributed by atoms with van der Waals surface area (Å²) in [5.41, 5.74) is -0.577. The van der Waals surface area contributed by atoms with Crippen LogP contribution in [0.3, 0.4) is 0 Å². The molecule has 1 fully saturated rings. The lowest BCUT2D eigenvalue weighted by atomic mass is 10.2. The first-order chi connectivity index (χ1) is 8.05. The van der Waals surface area contributed by atoms with Crippen LogP contribution in [0.1, 0.15) is 18.4 Å². The summed E-state index contributed by atoms with van der Waals surface area (Å²) in [6.07, 6.45) is -2.09. The van der Waals surface area contributed by atoms with Crippen molar-refractivity contribution in [3.63, 3.8) is 0 Å². The molecule has 2 rings (SSSR count). The Morgan fingerprint density at radius 3 is 2.11 bits per heavy atom. The molecule has 1 aliphatic rings. The van der Waals surface area contributed by atoms with Crippen LogP contribution in [-0.4, -0.2) is 18.3 Å². The number of thioether (sulfide) groups is 1. The summed E-state index contributed by atoms with van der Waals surface area (Å²) < 4.78 is 37.1. The van der Waals surface area contributed by atoms with Crippen molar-refractivity contribution in [3.8, 4) is 0 Å². The fraction of sp³-hybridized carbons (Fsp3) is 0.500. The topological polar surface area (TPSA) is 12.0 Å². The van der Waals surface area contributed by atoms with E-state index in [1.54, 1.807) is 23.9 Å². The van der Waals surface area contributed by atoms with Crippen LogP contribution in [0.15, 0.2) is 29.2 Å². The molecule has 0 atom stereocenters. The minimum atomic E-state index is -4.24. The van der Waals surface area contributed by atoms with Gasteiger partial charge in [0.2, 0.25) is 0 Å². The van der Waals surface area contributed by atoms with Crippen LogP contribution in [0.4, 0.5) is 13.2 Å². The predicted octanol–water partition coefficient (Wildman–Crippen LogP) is 3.97. The minimum Gasteiger partial charge on any atom is -0.317 e. The van der Waals surface area contributed by atoms with Crippen LogP contribution in [0.25, 0.3) is 0 Å². The molecule has 0 unspecified atom stereocenters. The summed E-state index contributed by atoms with van der Waals surface area (Å²) in [7, 11) is 0. The van der Waals surface area contributed by atoms with Gasteiger partial charge < -0.3 is 5.32 Å². The summed E-state index contributed by atoms with van der Waals surface area (Å²) >= 11 is 1.68. The molecule has 0 saturated carbocycles. The van der Waals surface area contributed by atoms with Gasteiger partial charge in [0.1, 0.15) is 0 Å². The molecule has 0 amide bonds. The lowest BCUT2D eigenvalue weighted by Crippen LogP contribution is -2.29. The van der Waals surface area contributed by atoms with Gasteiger partial charge in [-0.3, -0.25) is 0 Å². The highest BCUT2D eigenvalue weighted by molar-refractivity contribution is 8.00. The standard InChI is InChI=1S/C12H14F3NS.ClH/c13-12(14,15)9-1-3-10(4-2-9)17-11-5-7-16-8-6-11;/h1-4,11,16H,5-8H2;1H. The number of benzene rings is 1. The molecular weight excluding hydrogens is 283 g/mol. The third kappa shape index (κ3) is 4.37. The van der Waals surface area contributed by atoms with Crippen LogP contribution in [0, 0.1) is 0 Å². The number of alkyl halides is 3. The van der Waals surface area contributed by atoms with E-state index in [1.165, 1.54) is 0 Å². The highest BCUT2D eigenvalue weighted by Gasteiger charge is 2.30. The smallest absolute Gasteiger partial charge is 0.317 e. The van der Waals surface area contributed by atoms with E-state index in [1.807, 2.05) is 0 Å². The van der Waals surface area contributed by atoms with Crippen LogP contribution >= 0.6 is 24.2 Å². The van der Waals surface area contributed by atoms with Gasteiger partial charge >= 0.3 is 6.18 Å². The second-order valence-corrected chi connectivity index (χ2v) is 5.46. The molecule has 1 aromatic carbocycles. The highest BCUT2D eigenvalue weighted by Crippen LogP contribution is 2.33. The fourth-order valence-corrected chi connectivity index (χ4v) is 2.98. The van der Waals surface area contributed by atoms with E-state index in [9.17, 15) is 13.2 Å². The van der Waals surface area contributed by atoms with E-state index in [0.29, 0.717) is 5.25 Å². The molecule has 0 spiro atoms. The van der Waals surface area contributed by atoms with Crippen molar-refractivity contribution < 1.29 is 13.2 Å². The maximum atomic E-state index is 12.4. The van der Waals surface area contributed by atoms with Crippen molar-refractivity contribution in [1.29, 1.82) is 0 Å². The zero-order valence-electron chi connectivity index (χ0n) is 9.67. The summed E-state index contributed by atoms with van der Waals surface area (Å²) in [4.78, 5) is 0.921. The van der Waals surface area contributed by atoms with Gasteiger partial charge in [-0.15, -0.1) is 24.2 Å². The van der Waals surface area contributed by atoms with Crippen molar-refractivity contribution in [2.24, 2.45) is 0 Å². The Kier molecular flexibility index (Phi) is 5.82. The summed E-state index contributed by atoms with van der Waals surface area (Å²) in [6, 6.07) is 5.44. The van der Waals surface area contributed by atoms with Crippen molar-refractivity contribution >= 4 is 24.2 Å². The number of rotatable bonds is 2. The number of hydrogen-bond donors (Lipinski definition) is 1. The molecule has 1 saturated heterocycles. The molecule has 1 aromatic rings. The average Bonchev–Trinajstić information content (AvgIpc) is 2.30. The van der Waals surface area contributed by atoms with Crippen LogP contribution in [0.2, 0.25) is 0 Å². The van der Waals surface area contributed by atoms with Crippen LogP contribution in [-0.2, 0) is 6.18 Å². The SMILES string of the molecule is Cl.FC(F)(F)c1ccc(SC2CCNCC2)cc1. The Morgan fingerprint density at radius 2 is 1.61 bits per heavy atom. The van der Waals surface area contributed by atoms with Crippen molar-refractivity contribution in [2.75, 3.05) is 13.1 Å². The van der Waals surface area contributed by atoms with E-state index in [4.69, 9.17) is 0 Å². The second-order valence-electron chi connectivity index (χ2n) is 4.09. The number of piperidine rings is 1. The largest absolute Gasteiger partial charge is 0.416 e. The molecule has 1 nitrogen and oxygen atoms in total. The van der Waals surface area contributed by atoms with Crippen LogP contribution < -0.4 is 5.32 Å². The third-order valence-corrected chi connectivity index (χ3v) is 4.12. The van der Waals surface area contributed by atoms with E-state index in [0.717, 1.165) is 43.0 Å². The third-order valence-electron chi connectivity index (χ3n) is 2.77. The molecular formula is C12H15ClF3NS. The Morgan fingerprint density at radius 1 is 1.06 bits per heavy atom. The molecule has 0 radical (unpaired) electrons. The van der Waals surface area contributed by atoms with E-state index in [-0.39, 0.29) is 12.4 Å². The van der Waals surface area contributed by atoms with E-state index >= 15 is 0 Å². The maximum absolute atomic E-state index is 12.4. The Bertz CT molecular complexity index is 361. The Hall–Kier alpha value is -0.390. The first kappa shape index (κ1) is 15.7. The normalized spacial score (nSPS) is 17.3. The molecule has 1 heterocycles.